The van der Waals surface area contributed by atoms with Gasteiger partial charge in [0.2, 0.25) is 9.84 Å². The van der Waals surface area contributed by atoms with Gasteiger partial charge in [-0.3, -0.25) is 9.59 Å². The summed E-state index contributed by atoms with van der Waals surface area (Å²) in [6.07, 6.45) is 1.52. The Balaban J connectivity index is 1.38. The highest BCUT2D eigenvalue weighted by Crippen LogP contribution is 2.34. The van der Waals surface area contributed by atoms with Crippen LogP contribution >= 0.6 is 0 Å². The van der Waals surface area contributed by atoms with E-state index in [2.05, 4.69) is 5.32 Å². The highest BCUT2D eigenvalue weighted by Gasteiger charge is 2.35. The maximum atomic E-state index is 13.0. The van der Waals surface area contributed by atoms with E-state index < -0.39 is 34.1 Å². The molecule has 0 aliphatic carbocycles. The smallest absolute Gasteiger partial charge is 0.338 e. The molecule has 0 saturated heterocycles. The number of esters is 1. The predicted molar refractivity (Wildman–Crippen MR) is 124 cm³/mol. The summed E-state index contributed by atoms with van der Waals surface area (Å²) in [5, 5.41) is 2.78. The van der Waals surface area contributed by atoms with Crippen LogP contribution in [0.15, 0.2) is 82.6 Å². The van der Waals surface area contributed by atoms with E-state index in [1.807, 2.05) is 37.3 Å². The molecule has 1 amide bonds. The number of rotatable bonds is 7. The van der Waals surface area contributed by atoms with Gasteiger partial charge in [-0.05, 0) is 55.7 Å². The fourth-order valence-corrected chi connectivity index (χ4v) is 5.52. The van der Waals surface area contributed by atoms with Crippen LogP contribution < -0.4 is 5.32 Å². The average Bonchev–Trinajstić information content (AvgIpc) is 2.85. The summed E-state index contributed by atoms with van der Waals surface area (Å²) in [6, 6.07) is 19.5. The number of sulfone groups is 1. The number of ketones is 1. The first-order chi connectivity index (χ1) is 16.3. The van der Waals surface area contributed by atoms with E-state index in [-0.39, 0.29) is 32.5 Å². The van der Waals surface area contributed by atoms with Gasteiger partial charge < -0.3 is 10.1 Å². The lowest BCUT2D eigenvalue weighted by Gasteiger charge is -2.19. The maximum Gasteiger partial charge on any atom is 0.338 e. The van der Waals surface area contributed by atoms with Crippen molar-refractivity contribution < 1.29 is 27.5 Å². The first-order valence-corrected chi connectivity index (χ1v) is 12.3. The van der Waals surface area contributed by atoms with Gasteiger partial charge in [0, 0.05) is 17.2 Å². The molecule has 0 unspecified atom stereocenters. The minimum atomic E-state index is -3.97. The summed E-state index contributed by atoms with van der Waals surface area (Å²) >= 11 is 0. The SMILES string of the molecule is C[C@H](CCc1ccccc1)NC(=O)COC(=O)c1ccc2c(c1)S(=O)(=O)c1ccccc1C2=O. The van der Waals surface area contributed by atoms with Gasteiger partial charge in [0.25, 0.3) is 5.91 Å². The molecule has 1 N–H and O–H groups in total. The number of nitrogens with one attached hydrogen (secondary N) is 1. The number of hydrogen-bond acceptors (Lipinski definition) is 6. The third kappa shape index (κ3) is 4.77. The number of ether oxygens (including phenoxy) is 1. The van der Waals surface area contributed by atoms with Gasteiger partial charge in [-0.15, -0.1) is 0 Å². The molecule has 0 spiro atoms. The molecular formula is C26H23NO6S. The van der Waals surface area contributed by atoms with E-state index in [0.717, 1.165) is 18.9 Å². The molecule has 1 aliphatic heterocycles. The van der Waals surface area contributed by atoms with Crippen molar-refractivity contribution >= 4 is 27.5 Å². The van der Waals surface area contributed by atoms with Gasteiger partial charge >= 0.3 is 5.97 Å². The van der Waals surface area contributed by atoms with Crippen LogP contribution in [0.5, 0.6) is 0 Å². The number of fused-ring (bicyclic) bond motifs is 2. The molecule has 0 fully saturated rings. The normalized spacial score (nSPS) is 14.4. The Morgan fingerprint density at radius 2 is 1.59 bits per heavy atom. The average molecular weight is 478 g/mol. The number of amides is 1. The van der Waals surface area contributed by atoms with Crippen molar-refractivity contribution in [3.63, 3.8) is 0 Å². The zero-order valence-electron chi connectivity index (χ0n) is 18.5. The Kier molecular flexibility index (Phi) is 6.61. The molecule has 4 rings (SSSR count). The molecule has 0 radical (unpaired) electrons. The van der Waals surface area contributed by atoms with Gasteiger partial charge in [0.15, 0.2) is 12.4 Å². The van der Waals surface area contributed by atoms with Crippen molar-refractivity contribution in [2.24, 2.45) is 0 Å². The first kappa shape index (κ1) is 23.4. The van der Waals surface area contributed by atoms with Crippen LogP contribution in [-0.2, 0) is 25.8 Å². The van der Waals surface area contributed by atoms with Gasteiger partial charge in [-0.1, -0.05) is 42.5 Å². The van der Waals surface area contributed by atoms with E-state index in [9.17, 15) is 22.8 Å². The monoisotopic (exact) mass is 477 g/mol. The van der Waals surface area contributed by atoms with Gasteiger partial charge in [0.05, 0.1) is 15.4 Å². The third-order valence-corrected chi connectivity index (χ3v) is 7.48. The number of aryl methyl sites for hydroxylation is 1. The van der Waals surface area contributed by atoms with Crippen LogP contribution in [0.2, 0.25) is 0 Å². The number of carbonyl (C=O) groups excluding carboxylic acids is 3. The third-order valence-electron chi connectivity index (χ3n) is 5.62. The van der Waals surface area contributed by atoms with Crippen molar-refractivity contribution in [2.75, 3.05) is 6.61 Å². The lowest BCUT2D eigenvalue weighted by Crippen LogP contribution is -2.36. The Labute approximate surface area is 197 Å². The molecular weight excluding hydrogens is 454 g/mol. The van der Waals surface area contributed by atoms with Crippen LogP contribution in [0.1, 0.15) is 45.2 Å². The topological polar surface area (TPSA) is 107 Å². The summed E-state index contributed by atoms with van der Waals surface area (Å²) in [7, 11) is -3.97. The highest BCUT2D eigenvalue weighted by molar-refractivity contribution is 7.91. The molecule has 1 aliphatic rings. The van der Waals surface area contributed by atoms with Crippen molar-refractivity contribution in [3.8, 4) is 0 Å². The van der Waals surface area contributed by atoms with E-state index in [0.29, 0.717) is 0 Å². The molecule has 34 heavy (non-hydrogen) atoms. The van der Waals surface area contributed by atoms with Gasteiger partial charge in [0.1, 0.15) is 0 Å². The van der Waals surface area contributed by atoms with Crippen LogP contribution in [0.4, 0.5) is 0 Å². The second-order valence-electron chi connectivity index (χ2n) is 8.11. The zero-order valence-corrected chi connectivity index (χ0v) is 19.3. The minimum absolute atomic E-state index is 0.000217. The lowest BCUT2D eigenvalue weighted by atomic mass is 10.0. The Hall–Kier alpha value is -3.78. The first-order valence-electron chi connectivity index (χ1n) is 10.8. The van der Waals surface area contributed by atoms with Crippen LogP contribution in [-0.4, -0.2) is 38.7 Å². The van der Waals surface area contributed by atoms with Crippen LogP contribution in [0, 0.1) is 0 Å². The summed E-state index contributed by atoms with van der Waals surface area (Å²) < 4.78 is 31.1. The van der Waals surface area contributed by atoms with Crippen LogP contribution in [0.25, 0.3) is 0 Å². The lowest BCUT2D eigenvalue weighted by molar-refractivity contribution is -0.124. The van der Waals surface area contributed by atoms with Crippen molar-refractivity contribution in [3.05, 3.63) is 95.1 Å². The standard InChI is InChI=1S/C26H23NO6S/c1-17(11-12-18-7-3-2-4-8-18)27-24(28)16-33-26(30)19-13-14-21-23(15-19)34(31,32)22-10-6-5-9-20(22)25(21)29/h2-10,13-15,17H,11-12,16H2,1H3,(H,27,28)/t17-/m1/s1. The van der Waals surface area contributed by atoms with E-state index >= 15 is 0 Å². The van der Waals surface area contributed by atoms with Crippen molar-refractivity contribution in [2.45, 2.75) is 35.6 Å². The Bertz CT molecular complexity index is 1370. The van der Waals surface area contributed by atoms with Crippen molar-refractivity contribution in [1.82, 2.24) is 5.32 Å². The molecule has 1 atom stereocenters. The van der Waals surface area contributed by atoms with Gasteiger partial charge in [-0.2, -0.15) is 0 Å². The van der Waals surface area contributed by atoms with E-state index in [4.69, 9.17) is 4.74 Å². The molecule has 174 valence electrons. The fraction of sp³-hybridized carbons (Fsp3) is 0.192. The maximum absolute atomic E-state index is 13.0. The predicted octanol–water partition coefficient (Wildman–Crippen LogP) is 3.36. The summed E-state index contributed by atoms with van der Waals surface area (Å²) in [4.78, 5) is 37.0. The second kappa shape index (κ2) is 9.61. The summed E-state index contributed by atoms with van der Waals surface area (Å²) in [6.45, 7) is 1.37. The number of benzene rings is 3. The van der Waals surface area contributed by atoms with E-state index in [1.165, 1.54) is 35.9 Å². The largest absolute Gasteiger partial charge is 0.452 e. The zero-order chi connectivity index (χ0) is 24.3. The molecule has 0 bridgehead atoms. The molecule has 7 nitrogen and oxygen atoms in total. The Morgan fingerprint density at radius 1 is 0.912 bits per heavy atom. The summed E-state index contributed by atoms with van der Waals surface area (Å²) in [5.74, 6) is -1.73. The number of carbonyl (C=O) groups is 3. The van der Waals surface area contributed by atoms with E-state index in [1.54, 1.807) is 6.07 Å². The molecule has 3 aromatic rings. The highest BCUT2D eigenvalue weighted by atomic mass is 32.2. The Morgan fingerprint density at radius 3 is 2.35 bits per heavy atom. The second-order valence-corrected chi connectivity index (χ2v) is 10.00. The van der Waals surface area contributed by atoms with Crippen molar-refractivity contribution in [1.29, 1.82) is 0 Å². The molecule has 0 saturated carbocycles. The van der Waals surface area contributed by atoms with Gasteiger partial charge in [-0.25, -0.2) is 13.2 Å². The minimum Gasteiger partial charge on any atom is -0.452 e. The molecule has 1 heterocycles. The molecule has 3 aromatic carbocycles. The number of hydrogen-bond donors (Lipinski definition) is 1. The van der Waals surface area contributed by atoms with Crippen LogP contribution in [0.3, 0.4) is 0 Å². The summed E-state index contributed by atoms with van der Waals surface area (Å²) in [5.41, 5.74) is 1.21. The molecule has 8 heteroatoms. The quantitative estimate of drug-likeness (QED) is 0.409. The fourth-order valence-electron chi connectivity index (χ4n) is 3.84. The molecule has 0 aromatic heterocycles.